The number of aryl methyl sites for hydroxylation is 1. The number of amides is 1. The average Bonchev–Trinajstić information content (AvgIpc) is 2.95. The molecule has 26 heavy (non-hydrogen) atoms. The second kappa shape index (κ2) is 6.34. The summed E-state index contributed by atoms with van der Waals surface area (Å²) in [6, 6.07) is 14.7. The van der Waals surface area contributed by atoms with Crippen molar-refractivity contribution >= 4 is 49.3 Å². The van der Waals surface area contributed by atoms with E-state index in [2.05, 4.69) is 36.1 Å². The Morgan fingerprint density at radius 2 is 2.00 bits per heavy atom. The van der Waals surface area contributed by atoms with Gasteiger partial charge in [-0.1, -0.05) is 40.2 Å². The Kier molecular flexibility index (Phi) is 4.00. The number of azo groups is 1. The summed E-state index contributed by atoms with van der Waals surface area (Å²) < 4.78 is 0.848. The largest absolute Gasteiger partial charge is 0.493 e. The lowest BCUT2D eigenvalue weighted by molar-refractivity contribution is 0.0990. The number of nitrogens with one attached hydrogen (secondary N) is 1. The third kappa shape index (κ3) is 2.86. The van der Waals surface area contributed by atoms with Gasteiger partial charge in [-0.05, 0) is 36.8 Å². The van der Waals surface area contributed by atoms with Crippen LogP contribution in [0.2, 0.25) is 0 Å². The summed E-state index contributed by atoms with van der Waals surface area (Å²) in [5.41, 5.74) is 2.82. The Hall–Kier alpha value is -3.06. The number of halogens is 1. The Balaban J connectivity index is 1.72. The molecule has 0 aliphatic rings. The van der Waals surface area contributed by atoms with Crippen LogP contribution in [0.5, 0.6) is 5.88 Å². The second-order valence-corrected chi connectivity index (χ2v) is 6.78. The lowest BCUT2D eigenvalue weighted by Crippen LogP contribution is -1.97. The van der Waals surface area contributed by atoms with Crippen LogP contribution < -0.4 is 0 Å². The molecule has 128 valence electrons. The highest BCUT2D eigenvalue weighted by molar-refractivity contribution is 9.10. The maximum Gasteiger partial charge on any atom is 0.313 e. The van der Waals surface area contributed by atoms with Gasteiger partial charge in [0.05, 0.1) is 11.0 Å². The molecule has 1 amide bonds. The van der Waals surface area contributed by atoms with Crippen LogP contribution in [0.1, 0.15) is 16.1 Å². The Labute approximate surface area is 156 Å². The fourth-order valence-electron chi connectivity index (χ4n) is 2.83. The Morgan fingerprint density at radius 3 is 2.85 bits per heavy atom. The monoisotopic (exact) mass is 408 g/mol. The Bertz CT molecular complexity index is 1200. The molecule has 6 nitrogen and oxygen atoms in total. The zero-order valence-corrected chi connectivity index (χ0v) is 15.3. The van der Waals surface area contributed by atoms with Crippen LogP contribution in [0.4, 0.5) is 5.69 Å². The predicted octanol–water partition coefficient (Wildman–Crippen LogP) is 5.42. The molecular formula is C19H13BrN4O2. The van der Waals surface area contributed by atoms with Crippen molar-refractivity contribution < 1.29 is 9.90 Å². The molecule has 7 heteroatoms. The molecule has 0 spiro atoms. The molecular weight excluding hydrogens is 396 g/mol. The van der Waals surface area contributed by atoms with Crippen molar-refractivity contribution in [3.8, 4) is 5.88 Å². The zero-order valence-electron chi connectivity index (χ0n) is 13.7. The van der Waals surface area contributed by atoms with Crippen LogP contribution in [0.3, 0.4) is 0 Å². The topological polar surface area (TPSA) is 90.7 Å². The van der Waals surface area contributed by atoms with Gasteiger partial charge in [-0.3, -0.25) is 4.79 Å². The van der Waals surface area contributed by atoms with Crippen molar-refractivity contribution in [3.63, 3.8) is 0 Å². The summed E-state index contributed by atoms with van der Waals surface area (Å²) in [4.78, 5) is 19.5. The fraction of sp³-hybridized carbons (Fsp3) is 0.0526. The number of hydrogen-bond donors (Lipinski definition) is 2. The number of rotatable bonds is 2. The molecule has 0 saturated carbocycles. The van der Waals surface area contributed by atoms with E-state index in [1.807, 2.05) is 49.4 Å². The van der Waals surface area contributed by atoms with Crippen molar-refractivity contribution in [1.29, 1.82) is 0 Å². The molecule has 2 aromatic carbocycles. The number of benzene rings is 2. The minimum atomic E-state index is -0.573. The van der Waals surface area contributed by atoms with Crippen molar-refractivity contribution in [1.82, 2.24) is 9.97 Å². The minimum absolute atomic E-state index is 0.135. The van der Waals surface area contributed by atoms with E-state index in [1.54, 1.807) is 6.07 Å². The number of H-pyrrole nitrogens is 1. The van der Waals surface area contributed by atoms with E-state index in [0.29, 0.717) is 10.9 Å². The van der Waals surface area contributed by atoms with Gasteiger partial charge in [0, 0.05) is 15.2 Å². The number of aromatic nitrogens is 2. The van der Waals surface area contributed by atoms with E-state index in [-0.39, 0.29) is 17.3 Å². The molecule has 0 saturated heterocycles. The molecule has 0 bridgehead atoms. The molecule has 2 heterocycles. The summed E-state index contributed by atoms with van der Waals surface area (Å²) in [6.45, 7) is 1.91. The number of fused-ring (bicyclic) bond motifs is 2. The van der Waals surface area contributed by atoms with Crippen LogP contribution in [-0.4, -0.2) is 21.0 Å². The number of pyridine rings is 1. The van der Waals surface area contributed by atoms with Crippen molar-refractivity contribution in [2.45, 2.75) is 6.92 Å². The number of hydrogen-bond acceptors (Lipinski definition) is 4. The SMILES string of the molecule is Cc1cc(Br)cc2c(N=NC(=O)c3ccc4ccccc4n3)c(O)[nH]c12. The first-order chi connectivity index (χ1) is 12.5. The molecule has 0 unspecified atom stereocenters. The van der Waals surface area contributed by atoms with Crippen molar-refractivity contribution in [2.24, 2.45) is 10.2 Å². The maximum atomic E-state index is 12.3. The summed E-state index contributed by atoms with van der Waals surface area (Å²) in [6.07, 6.45) is 0. The van der Waals surface area contributed by atoms with Crippen LogP contribution in [0.25, 0.3) is 21.8 Å². The number of aromatic amines is 1. The lowest BCUT2D eigenvalue weighted by Gasteiger charge is -1.99. The van der Waals surface area contributed by atoms with Crippen molar-refractivity contribution in [3.05, 3.63) is 64.3 Å². The molecule has 0 aliphatic carbocycles. The van der Waals surface area contributed by atoms with Crippen molar-refractivity contribution in [2.75, 3.05) is 0 Å². The minimum Gasteiger partial charge on any atom is -0.493 e. The predicted molar refractivity (Wildman–Crippen MR) is 103 cm³/mol. The fourth-order valence-corrected chi connectivity index (χ4v) is 3.41. The molecule has 0 fully saturated rings. The summed E-state index contributed by atoms with van der Waals surface area (Å²) >= 11 is 3.42. The van der Waals surface area contributed by atoms with Gasteiger partial charge in [0.1, 0.15) is 5.69 Å². The highest BCUT2D eigenvalue weighted by Gasteiger charge is 2.14. The lowest BCUT2D eigenvalue weighted by atomic mass is 10.1. The van der Waals surface area contributed by atoms with Gasteiger partial charge >= 0.3 is 5.91 Å². The number of aromatic hydroxyl groups is 1. The standard InChI is InChI=1S/C19H13BrN4O2/c1-10-8-12(20)9-13-16(10)22-19(26)17(13)23-24-18(25)15-7-6-11-4-2-3-5-14(11)21-15/h2-9,22,26H,1H3. The van der Waals surface area contributed by atoms with Crippen LogP contribution >= 0.6 is 15.9 Å². The average molecular weight is 409 g/mol. The first-order valence-electron chi connectivity index (χ1n) is 7.85. The smallest absolute Gasteiger partial charge is 0.313 e. The van der Waals surface area contributed by atoms with Gasteiger partial charge in [0.2, 0.25) is 5.88 Å². The van der Waals surface area contributed by atoms with E-state index in [4.69, 9.17) is 0 Å². The van der Waals surface area contributed by atoms with Gasteiger partial charge in [0.25, 0.3) is 0 Å². The normalized spacial score (nSPS) is 11.6. The Morgan fingerprint density at radius 1 is 1.19 bits per heavy atom. The number of carbonyl (C=O) groups excluding carboxylic acids is 1. The maximum absolute atomic E-state index is 12.3. The van der Waals surface area contributed by atoms with Crippen LogP contribution in [0.15, 0.2) is 63.2 Å². The third-order valence-corrected chi connectivity index (χ3v) is 4.54. The molecule has 4 rings (SSSR count). The van der Waals surface area contributed by atoms with Gasteiger partial charge < -0.3 is 10.1 Å². The van der Waals surface area contributed by atoms with E-state index < -0.39 is 5.91 Å². The summed E-state index contributed by atoms with van der Waals surface area (Å²) in [5, 5.41) is 19.4. The molecule has 4 aromatic rings. The molecule has 0 radical (unpaired) electrons. The molecule has 2 aromatic heterocycles. The van der Waals surface area contributed by atoms with Crippen LogP contribution in [0, 0.1) is 6.92 Å². The second-order valence-electron chi connectivity index (χ2n) is 5.86. The quantitative estimate of drug-likeness (QED) is 0.434. The number of carbonyl (C=O) groups is 1. The van der Waals surface area contributed by atoms with E-state index in [9.17, 15) is 9.90 Å². The summed E-state index contributed by atoms with van der Waals surface area (Å²) in [7, 11) is 0. The van der Waals surface area contributed by atoms with Crippen LogP contribution in [-0.2, 0) is 0 Å². The van der Waals surface area contributed by atoms with E-state index in [0.717, 1.165) is 20.9 Å². The molecule has 0 atom stereocenters. The number of para-hydroxylation sites is 1. The van der Waals surface area contributed by atoms with Gasteiger partial charge in [-0.15, -0.1) is 10.2 Å². The third-order valence-electron chi connectivity index (χ3n) is 4.08. The van der Waals surface area contributed by atoms with E-state index in [1.165, 1.54) is 0 Å². The van der Waals surface area contributed by atoms with Gasteiger partial charge in [-0.2, -0.15) is 0 Å². The highest BCUT2D eigenvalue weighted by Crippen LogP contribution is 2.38. The van der Waals surface area contributed by atoms with Gasteiger partial charge in [0.15, 0.2) is 5.69 Å². The zero-order chi connectivity index (χ0) is 18.3. The first-order valence-corrected chi connectivity index (χ1v) is 8.65. The number of nitrogens with zero attached hydrogens (tertiary/aromatic N) is 3. The summed E-state index contributed by atoms with van der Waals surface area (Å²) in [5.74, 6) is -0.708. The molecule has 2 N–H and O–H groups in total. The highest BCUT2D eigenvalue weighted by atomic mass is 79.9. The molecule has 0 aliphatic heterocycles. The first kappa shape index (κ1) is 16.4. The van der Waals surface area contributed by atoms with Gasteiger partial charge in [-0.25, -0.2) is 4.98 Å². The van der Waals surface area contributed by atoms with E-state index >= 15 is 0 Å².